The number of benzene rings is 1. The van der Waals surface area contributed by atoms with Gasteiger partial charge in [0.15, 0.2) is 0 Å². The van der Waals surface area contributed by atoms with E-state index in [2.05, 4.69) is 65.2 Å². The minimum atomic E-state index is 0.0602. The first kappa shape index (κ1) is 30.0. The molecule has 6 nitrogen and oxygen atoms in total. The second kappa shape index (κ2) is 14.0. The van der Waals surface area contributed by atoms with Gasteiger partial charge in [-0.25, -0.2) is 4.98 Å². The first-order chi connectivity index (χ1) is 18.8. The van der Waals surface area contributed by atoms with Crippen LogP contribution in [0.2, 0.25) is 0 Å². The van der Waals surface area contributed by atoms with Crippen LogP contribution < -0.4 is 5.32 Å². The van der Waals surface area contributed by atoms with Gasteiger partial charge < -0.3 is 10.2 Å². The quantitative estimate of drug-likeness (QED) is 0.366. The summed E-state index contributed by atoms with van der Waals surface area (Å²) in [5.41, 5.74) is 9.15. The summed E-state index contributed by atoms with van der Waals surface area (Å²) >= 11 is 0. The maximum Gasteiger partial charge on any atom is 0.253 e. The number of carbonyl (C=O) groups is 1. The molecule has 1 aromatic carbocycles. The van der Waals surface area contributed by atoms with Gasteiger partial charge in [0.2, 0.25) is 0 Å². The summed E-state index contributed by atoms with van der Waals surface area (Å²) in [5.74, 6) is 1.47. The van der Waals surface area contributed by atoms with Crippen molar-refractivity contribution >= 4 is 17.8 Å². The SMILES string of the molecule is CC.CNc1ccc(-c2ccnc(C)c2/C=C(\C)CN2CCC(c3ccc(C(=O)N(C)C)cc3C)CC2)cn1. The Morgan fingerprint density at radius 2 is 1.79 bits per heavy atom. The average molecular weight is 528 g/mol. The minimum absolute atomic E-state index is 0.0602. The fraction of sp³-hybridized carbons (Fsp3) is 0.424. The molecule has 0 spiro atoms. The number of aromatic nitrogens is 2. The fourth-order valence-corrected chi connectivity index (χ4v) is 5.28. The number of aryl methyl sites for hydroxylation is 2. The number of piperidine rings is 1. The first-order valence-corrected chi connectivity index (χ1v) is 14.1. The van der Waals surface area contributed by atoms with Crippen molar-refractivity contribution in [1.82, 2.24) is 19.8 Å². The monoisotopic (exact) mass is 527 g/mol. The lowest BCUT2D eigenvalue weighted by Gasteiger charge is -2.33. The van der Waals surface area contributed by atoms with Crippen molar-refractivity contribution in [2.45, 2.75) is 53.4 Å². The molecule has 2 aromatic heterocycles. The lowest BCUT2D eigenvalue weighted by molar-refractivity contribution is 0.0827. The number of rotatable bonds is 7. The van der Waals surface area contributed by atoms with Gasteiger partial charge in [0.25, 0.3) is 5.91 Å². The highest BCUT2D eigenvalue weighted by Crippen LogP contribution is 2.32. The number of carbonyl (C=O) groups excluding carboxylic acids is 1. The molecule has 1 aliphatic heterocycles. The Kier molecular flexibility index (Phi) is 10.8. The fourth-order valence-electron chi connectivity index (χ4n) is 5.28. The minimum Gasteiger partial charge on any atom is -0.373 e. The summed E-state index contributed by atoms with van der Waals surface area (Å²) in [7, 11) is 5.48. The zero-order chi connectivity index (χ0) is 28.5. The Bertz CT molecular complexity index is 1270. The van der Waals surface area contributed by atoms with Crippen LogP contribution in [-0.2, 0) is 0 Å². The Balaban J connectivity index is 0.00000205. The van der Waals surface area contributed by atoms with E-state index in [1.165, 1.54) is 16.7 Å². The van der Waals surface area contributed by atoms with E-state index in [0.717, 1.165) is 66.2 Å². The van der Waals surface area contributed by atoms with Crippen LogP contribution in [0.25, 0.3) is 17.2 Å². The van der Waals surface area contributed by atoms with Gasteiger partial charge >= 0.3 is 0 Å². The average Bonchev–Trinajstić information content (AvgIpc) is 2.95. The molecule has 0 aliphatic carbocycles. The number of hydrogen-bond acceptors (Lipinski definition) is 5. The van der Waals surface area contributed by atoms with Gasteiger partial charge in [0.1, 0.15) is 5.82 Å². The number of anilines is 1. The number of nitrogens with one attached hydrogen (secondary N) is 1. The second-order valence-corrected chi connectivity index (χ2v) is 10.4. The van der Waals surface area contributed by atoms with Crippen molar-refractivity contribution in [3.05, 3.63) is 82.3 Å². The zero-order valence-corrected chi connectivity index (χ0v) is 25.0. The number of amides is 1. The molecule has 208 valence electrons. The molecule has 0 atom stereocenters. The van der Waals surface area contributed by atoms with Gasteiger partial charge in [-0.3, -0.25) is 14.7 Å². The van der Waals surface area contributed by atoms with E-state index < -0.39 is 0 Å². The van der Waals surface area contributed by atoms with E-state index >= 15 is 0 Å². The molecule has 1 saturated heterocycles. The van der Waals surface area contributed by atoms with E-state index in [-0.39, 0.29) is 5.91 Å². The molecule has 0 unspecified atom stereocenters. The molecule has 4 rings (SSSR count). The summed E-state index contributed by atoms with van der Waals surface area (Å²) in [6, 6.07) is 12.4. The Labute approximate surface area is 235 Å². The van der Waals surface area contributed by atoms with Crippen molar-refractivity contribution in [3.8, 4) is 11.1 Å². The smallest absolute Gasteiger partial charge is 0.253 e. The van der Waals surface area contributed by atoms with Crippen molar-refractivity contribution in [3.63, 3.8) is 0 Å². The maximum absolute atomic E-state index is 12.3. The van der Waals surface area contributed by atoms with Crippen LogP contribution in [-0.4, -0.2) is 66.5 Å². The van der Waals surface area contributed by atoms with Gasteiger partial charge in [0, 0.05) is 62.5 Å². The highest BCUT2D eigenvalue weighted by molar-refractivity contribution is 5.94. The lowest BCUT2D eigenvalue weighted by Crippen LogP contribution is -2.34. The van der Waals surface area contributed by atoms with Gasteiger partial charge in [-0.15, -0.1) is 0 Å². The third kappa shape index (κ3) is 7.54. The summed E-state index contributed by atoms with van der Waals surface area (Å²) in [5, 5.41) is 3.08. The van der Waals surface area contributed by atoms with Crippen LogP contribution in [0.5, 0.6) is 0 Å². The molecule has 3 heterocycles. The molecule has 1 fully saturated rings. The summed E-state index contributed by atoms with van der Waals surface area (Å²) in [4.78, 5) is 25.6. The third-order valence-corrected chi connectivity index (χ3v) is 7.33. The summed E-state index contributed by atoms with van der Waals surface area (Å²) < 4.78 is 0. The number of pyridine rings is 2. The van der Waals surface area contributed by atoms with Crippen molar-refractivity contribution in [2.75, 3.05) is 46.1 Å². The van der Waals surface area contributed by atoms with Gasteiger partial charge in [-0.1, -0.05) is 31.6 Å². The van der Waals surface area contributed by atoms with Gasteiger partial charge in [-0.2, -0.15) is 0 Å². The van der Waals surface area contributed by atoms with E-state index in [9.17, 15) is 4.79 Å². The first-order valence-electron chi connectivity index (χ1n) is 14.1. The predicted octanol–water partition coefficient (Wildman–Crippen LogP) is 6.81. The van der Waals surface area contributed by atoms with Crippen LogP contribution in [0.1, 0.15) is 72.3 Å². The van der Waals surface area contributed by atoms with Crippen LogP contribution in [0.4, 0.5) is 5.82 Å². The Morgan fingerprint density at radius 1 is 1.08 bits per heavy atom. The lowest BCUT2D eigenvalue weighted by atomic mass is 9.86. The van der Waals surface area contributed by atoms with E-state index in [4.69, 9.17) is 0 Å². The van der Waals surface area contributed by atoms with Crippen LogP contribution in [0, 0.1) is 13.8 Å². The second-order valence-electron chi connectivity index (χ2n) is 10.4. The molecule has 0 radical (unpaired) electrons. The molecule has 6 heteroatoms. The zero-order valence-electron chi connectivity index (χ0n) is 25.0. The number of likely N-dealkylation sites (tertiary alicyclic amines) is 1. The molecule has 3 aromatic rings. The van der Waals surface area contributed by atoms with E-state index in [1.807, 2.05) is 51.5 Å². The number of hydrogen-bond donors (Lipinski definition) is 1. The molecule has 1 amide bonds. The van der Waals surface area contributed by atoms with Crippen molar-refractivity contribution < 1.29 is 4.79 Å². The molecular weight excluding hydrogens is 482 g/mol. The predicted molar refractivity (Wildman–Crippen MR) is 164 cm³/mol. The highest BCUT2D eigenvalue weighted by atomic mass is 16.2. The molecular formula is C33H45N5O. The topological polar surface area (TPSA) is 61.4 Å². The van der Waals surface area contributed by atoms with Gasteiger partial charge in [-0.05, 0) is 99.6 Å². The molecule has 39 heavy (non-hydrogen) atoms. The van der Waals surface area contributed by atoms with Gasteiger partial charge in [0.05, 0.1) is 0 Å². The standard InChI is InChI=1S/C31H39N5O.C2H6/c1-21(17-29-23(3)33-14-11-28(29)26-8-10-30(32-4)34-19-26)20-36-15-12-24(13-16-36)27-9-7-25(18-22(27)2)31(37)35(5)6;1-2/h7-11,14,17-19,24H,12-13,15-16,20H2,1-6H3,(H,32,34);1-2H3/b21-17+;. The molecule has 1 N–H and O–H groups in total. The normalized spacial score (nSPS) is 14.4. The Hall–Kier alpha value is -3.51. The van der Waals surface area contributed by atoms with E-state index in [0.29, 0.717) is 5.92 Å². The summed E-state index contributed by atoms with van der Waals surface area (Å²) in [6.45, 7) is 13.5. The summed E-state index contributed by atoms with van der Waals surface area (Å²) in [6.07, 6.45) is 8.36. The highest BCUT2D eigenvalue weighted by Gasteiger charge is 2.23. The van der Waals surface area contributed by atoms with Crippen LogP contribution in [0.15, 0.2) is 54.4 Å². The largest absolute Gasteiger partial charge is 0.373 e. The third-order valence-electron chi connectivity index (χ3n) is 7.33. The Morgan fingerprint density at radius 3 is 2.38 bits per heavy atom. The molecule has 0 bridgehead atoms. The van der Waals surface area contributed by atoms with Crippen molar-refractivity contribution in [1.29, 1.82) is 0 Å². The van der Waals surface area contributed by atoms with E-state index in [1.54, 1.807) is 19.0 Å². The molecule has 0 saturated carbocycles. The molecule has 1 aliphatic rings. The van der Waals surface area contributed by atoms with Crippen LogP contribution in [0.3, 0.4) is 0 Å². The van der Waals surface area contributed by atoms with Crippen LogP contribution >= 0.6 is 0 Å². The van der Waals surface area contributed by atoms with Crippen molar-refractivity contribution in [2.24, 2.45) is 0 Å². The number of nitrogens with zero attached hydrogens (tertiary/aromatic N) is 4. The maximum atomic E-state index is 12.3.